The summed E-state index contributed by atoms with van der Waals surface area (Å²) in [5.41, 5.74) is -0.210. The van der Waals surface area contributed by atoms with Crippen molar-refractivity contribution in [1.29, 1.82) is 0 Å². The summed E-state index contributed by atoms with van der Waals surface area (Å²) < 4.78 is 1.36. The summed E-state index contributed by atoms with van der Waals surface area (Å²) in [4.78, 5) is 23.4. The van der Waals surface area contributed by atoms with Crippen molar-refractivity contribution in [3.63, 3.8) is 0 Å². The Hall–Kier alpha value is -2.37. The van der Waals surface area contributed by atoms with E-state index in [9.17, 15) is 14.7 Å². The quantitative estimate of drug-likeness (QED) is 0.779. The van der Waals surface area contributed by atoms with Gasteiger partial charge in [-0.2, -0.15) is 5.10 Å². The van der Waals surface area contributed by atoms with Crippen molar-refractivity contribution in [3.05, 3.63) is 68.4 Å². The van der Waals surface area contributed by atoms with E-state index in [0.717, 1.165) is 0 Å². The predicted molar refractivity (Wildman–Crippen MR) is 84.3 cm³/mol. The van der Waals surface area contributed by atoms with Crippen molar-refractivity contribution in [2.75, 3.05) is 0 Å². The average Bonchev–Trinajstić information content (AvgIpc) is 2.48. The van der Waals surface area contributed by atoms with Crippen LogP contribution < -0.4 is 5.43 Å². The van der Waals surface area contributed by atoms with Crippen LogP contribution in [0.15, 0.2) is 47.3 Å². The molecule has 0 fully saturated rings. The van der Waals surface area contributed by atoms with Crippen molar-refractivity contribution in [3.8, 4) is 5.69 Å². The van der Waals surface area contributed by atoms with Crippen molar-refractivity contribution < 1.29 is 9.90 Å². The van der Waals surface area contributed by atoms with Crippen molar-refractivity contribution in [2.45, 2.75) is 0 Å². The second kappa shape index (κ2) is 5.44. The first kappa shape index (κ1) is 14.6. The SMILES string of the molecule is O=C(O)c1nn(-c2ccc(Cl)cc2)c2cc(Cl)ccc2c1=O. The maximum absolute atomic E-state index is 12.2. The Morgan fingerprint density at radius 3 is 2.32 bits per heavy atom. The fraction of sp³-hybridized carbons (Fsp3) is 0. The van der Waals surface area contributed by atoms with Crippen LogP contribution in [0.2, 0.25) is 10.0 Å². The largest absolute Gasteiger partial charge is 0.476 e. The molecule has 0 spiro atoms. The molecule has 7 heteroatoms. The van der Waals surface area contributed by atoms with Crippen LogP contribution in [0, 0.1) is 0 Å². The zero-order chi connectivity index (χ0) is 15.9. The van der Waals surface area contributed by atoms with E-state index in [4.69, 9.17) is 23.2 Å². The second-order valence-electron chi connectivity index (χ2n) is 4.53. The molecule has 5 nitrogen and oxygen atoms in total. The van der Waals surface area contributed by atoms with E-state index in [1.807, 2.05) is 0 Å². The molecule has 110 valence electrons. The number of halogens is 2. The first-order valence-electron chi connectivity index (χ1n) is 6.19. The number of benzene rings is 2. The maximum Gasteiger partial charge on any atom is 0.360 e. The number of hydrogen-bond acceptors (Lipinski definition) is 3. The fourth-order valence-corrected chi connectivity index (χ4v) is 2.41. The maximum atomic E-state index is 12.2. The van der Waals surface area contributed by atoms with Gasteiger partial charge in [-0.1, -0.05) is 23.2 Å². The van der Waals surface area contributed by atoms with Gasteiger partial charge in [-0.25, -0.2) is 9.48 Å². The van der Waals surface area contributed by atoms with Gasteiger partial charge < -0.3 is 5.11 Å². The van der Waals surface area contributed by atoms with Gasteiger partial charge in [-0.15, -0.1) is 0 Å². The van der Waals surface area contributed by atoms with E-state index in [1.54, 1.807) is 30.3 Å². The molecule has 1 N–H and O–H groups in total. The highest BCUT2D eigenvalue weighted by Crippen LogP contribution is 2.21. The summed E-state index contributed by atoms with van der Waals surface area (Å²) in [6, 6.07) is 11.2. The standard InChI is InChI=1S/C15H8Cl2N2O3/c16-8-1-4-10(5-2-8)19-12-7-9(17)3-6-11(12)14(20)13(18-19)15(21)22/h1-7H,(H,21,22). The lowest BCUT2D eigenvalue weighted by Crippen LogP contribution is -2.22. The highest BCUT2D eigenvalue weighted by atomic mass is 35.5. The first-order valence-corrected chi connectivity index (χ1v) is 6.95. The minimum atomic E-state index is -1.38. The van der Waals surface area contributed by atoms with Gasteiger partial charge in [0.15, 0.2) is 0 Å². The average molecular weight is 335 g/mol. The van der Waals surface area contributed by atoms with Crippen molar-refractivity contribution >= 4 is 40.1 Å². The van der Waals surface area contributed by atoms with Gasteiger partial charge in [0.25, 0.3) is 0 Å². The Labute approximate surface area is 134 Å². The Kier molecular flexibility index (Phi) is 3.60. The summed E-state index contributed by atoms with van der Waals surface area (Å²) in [7, 11) is 0. The lowest BCUT2D eigenvalue weighted by Gasteiger charge is -2.11. The number of carbonyl (C=O) groups is 1. The minimum absolute atomic E-state index is 0.228. The van der Waals surface area contributed by atoms with Gasteiger partial charge >= 0.3 is 5.97 Å². The third-order valence-electron chi connectivity index (χ3n) is 3.12. The van der Waals surface area contributed by atoms with Gasteiger partial charge in [-0.3, -0.25) is 4.79 Å². The molecule has 0 aliphatic rings. The number of carboxylic acid groups (broad SMARTS) is 1. The first-order chi connectivity index (χ1) is 10.5. The number of aromatic nitrogens is 2. The molecule has 3 aromatic rings. The molecule has 0 aliphatic heterocycles. The van der Waals surface area contributed by atoms with E-state index in [0.29, 0.717) is 21.2 Å². The number of aromatic carboxylic acids is 1. The molecule has 0 radical (unpaired) electrons. The van der Waals surface area contributed by atoms with Crippen LogP contribution in [0.4, 0.5) is 0 Å². The summed E-state index contributed by atoms with van der Waals surface area (Å²) in [6.07, 6.45) is 0. The van der Waals surface area contributed by atoms with Crippen LogP contribution >= 0.6 is 23.2 Å². The molecule has 0 unspecified atom stereocenters. The highest BCUT2D eigenvalue weighted by Gasteiger charge is 2.17. The van der Waals surface area contributed by atoms with Gasteiger partial charge in [0.2, 0.25) is 11.1 Å². The highest BCUT2D eigenvalue weighted by molar-refractivity contribution is 6.31. The predicted octanol–water partition coefficient (Wildman–Crippen LogP) is 3.39. The van der Waals surface area contributed by atoms with E-state index in [1.165, 1.54) is 16.8 Å². The summed E-state index contributed by atoms with van der Waals surface area (Å²) >= 11 is 11.8. The number of fused-ring (bicyclic) bond motifs is 1. The lowest BCUT2D eigenvalue weighted by atomic mass is 10.2. The topological polar surface area (TPSA) is 72.2 Å². The molecular formula is C15H8Cl2N2O3. The van der Waals surface area contributed by atoms with E-state index < -0.39 is 17.1 Å². The molecule has 3 rings (SSSR count). The molecule has 1 heterocycles. The number of carboxylic acids is 1. The Balaban J connectivity index is 2.43. The molecule has 0 atom stereocenters. The number of nitrogens with zero attached hydrogens (tertiary/aromatic N) is 2. The Morgan fingerprint density at radius 1 is 1.05 bits per heavy atom. The third-order valence-corrected chi connectivity index (χ3v) is 3.61. The van der Waals surface area contributed by atoms with Crippen LogP contribution in [0.3, 0.4) is 0 Å². The normalized spacial score (nSPS) is 10.8. The molecule has 0 saturated heterocycles. The second-order valence-corrected chi connectivity index (χ2v) is 5.41. The molecule has 2 aromatic carbocycles. The molecule has 0 aliphatic carbocycles. The van der Waals surface area contributed by atoms with Crippen LogP contribution in [-0.2, 0) is 0 Å². The molecule has 0 bridgehead atoms. The van der Waals surface area contributed by atoms with E-state index >= 15 is 0 Å². The molecular weight excluding hydrogens is 327 g/mol. The van der Waals surface area contributed by atoms with Crippen LogP contribution in [0.25, 0.3) is 16.6 Å². The van der Waals surface area contributed by atoms with Gasteiger partial charge in [-0.05, 0) is 42.5 Å². The Morgan fingerprint density at radius 2 is 1.68 bits per heavy atom. The van der Waals surface area contributed by atoms with Gasteiger partial charge in [0.1, 0.15) is 0 Å². The number of rotatable bonds is 2. The lowest BCUT2D eigenvalue weighted by molar-refractivity contribution is 0.0687. The molecule has 1 aromatic heterocycles. The van der Waals surface area contributed by atoms with Crippen LogP contribution in [0.1, 0.15) is 10.5 Å². The van der Waals surface area contributed by atoms with Crippen LogP contribution in [-0.4, -0.2) is 20.9 Å². The summed E-state index contributed by atoms with van der Waals surface area (Å²) in [5.74, 6) is -1.38. The van der Waals surface area contributed by atoms with E-state index in [2.05, 4.69) is 5.10 Å². The van der Waals surface area contributed by atoms with Crippen molar-refractivity contribution in [1.82, 2.24) is 9.78 Å². The Bertz CT molecular complexity index is 949. The van der Waals surface area contributed by atoms with Gasteiger partial charge in [0, 0.05) is 10.0 Å². The molecule has 22 heavy (non-hydrogen) atoms. The monoisotopic (exact) mass is 334 g/mol. The molecule has 0 saturated carbocycles. The van der Waals surface area contributed by atoms with Crippen molar-refractivity contribution in [2.24, 2.45) is 0 Å². The smallest absolute Gasteiger partial charge is 0.360 e. The summed E-state index contributed by atoms with van der Waals surface area (Å²) in [6.45, 7) is 0. The summed E-state index contributed by atoms with van der Waals surface area (Å²) in [5, 5.41) is 14.3. The fourth-order valence-electron chi connectivity index (χ4n) is 2.12. The molecule has 0 amide bonds. The minimum Gasteiger partial charge on any atom is -0.476 e. The third kappa shape index (κ3) is 2.45. The van der Waals surface area contributed by atoms with E-state index in [-0.39, 0.29) is 5.39 Å². The zero-order valence-corrected chi connectivity index (χ0v) is 12.5. The number of hydrogen-bond donors (Lipinski definition) is 1. The zero-order valence-electron chi connectivity index (χ0n) is 11.0. The van der Waals surface area contributed by atoms with Gasteiger partial charge in [0.05, 0.1) is 16.6 Å². The van der Waals surface area contributed by atoms with Crippen LogP contribution in [0.5, 0.6) is 0 Å².